The molecule has 25 heavy (non-hydrogen) atoms. The number of benzene rings is 1. The van der Waals surface area contributed by atoms with Crippen LogP contribution in [0.2, 0.25) is 0 Å². The Morgan fingerprint density at radius 1 is 0.840 bits per heavy atom. The molecule has 0 spiro atoms. The van der Waals surface area contributed by atoms with Gasteiger partial charge in [-0.3, -0.25) is 9.78 Å². The van der Waals surface area contributed by atoms with Crippen molar-refractivity contribution in [3.05, 3.63) is 85.1 Å². The van der Waals surface area contributed by atoms with Crippen molar-refractivity contribution in [2.45, 2.75) is 0 Å². The molecule has 0 aliphatic rings. The van der Waals surface area contributed by atoms with Gasteiger partial charge in [0.25, 0.3) is 5.91 Å². The molecule has 1 aromatic carbocycles. The number of fused-ring (bicyclic) bond motifs is 1. The molecule has 0 aliphatic carbocycles. The average molecular weight is 329 g/mol. The molecule has 2 N–H and O–H groups in total. The third kappa shape index (κ3) is 3.32. The summed E-state index contributed by atoms with van der Waals surface area (Å²) in [4.78, 5) is 20.6. The van der Waals surface area contributed by atoms with E-state index in [1.165, 1.54) is 0 Å². The molecule has 6 heteroatoms. The van der Waals surface area contributed by atoms with Gasteiger partial charge in [0.1, 0.15) is 5.65 Å². The van der Waals surface area contributed by atoms with Crippen molar-refractivity contribution in [1.82, 2.24) is 14.4 Å². The Kier molecular flexibility index (Phi) is 3.84. The van der Waals surface area contributed by atoms with Crippen LogP contribution in [0.1, 0.15) is 10.4 Å². The van der Waals surface area contributed by atoms with E-state index in [4.69, 9.17) is 0 Å². The van der Waals surface area contributed by atoms with Crippen molar-refractivity contribution in [3.63, 3.8) is 0 Å². The normalized spacial score (nSPS) is 10.6. The minimum atomic E-state index is -0.157. The van der Waals surface area contributed by atoms with Crippen LogP contribution < -0.4 is 10.6 Å². The first-order valence-corrected chi connectivity index (χ1v) is 7.79. The maximum Gasteiger partial charge on any atom is 0.255 e. The van der Waals surface area contributed by atoms with E-state index >= 15 is 0 Å². The number of amides is 1. The molecule has 0 saturated heterocycles. The third-order valence-corrected chi connectivity index (χ3v) is 3.76. The van der Waals surface area contributed by atoms with Gasteiger partial charge in [0, 0.05) is 47.9 Å². The number of imidazole rings is 1. The highest BCUT2D eigenvalue weighted by atomic mass is 16.1. The molecule has 0 saturated carbocycles. The molecule has 3 aromatic heterocycles. The van der Waals surface area contributed by atoms with E-state index < -0.39 is 0 Å². The maximum absolute atomic E-state index is 12.4. The van der Waals surface area contributed by atoms with Crippen molar-refractivity contribution in [1.29, 1.82) is 0 Å². The van der Waals surface area contributed by atoms with Gasteiger partial charge in [-0.2, -0.15) is 0 Å². The van der Waals surface area contributed by atoms with Crippen LogP contribution in [0.5, 0.6) is 0 Å². The lowest BCUT2D eigenvalue weighted by Gasteiger charge is -2.08. The molecule has 4 aromatic rings. The number of nitrogens with one attached hydrogen (secondary N) is 2. The highest BCUT2D eigenvalue weighted by Gasteiger charge is 2.07. The van der Waals surface area contributed by atoms with Crippen molar-refractivity contribution in [3.8, 4) is 0 Å². The Morgan fingerprint density at radius 2 is 1.56 bits per heavy atom. The van der Waals surface area contributed by atoms with Crippen LogP contribution in [-0.2, 0) is 0 Å². The first-order chi connectivity index (χ1) is 12.3. The molecule has 0 atom stereocenters. The summed E-state index contributed by atoms with van der Waals surface area (Å²) < 4.78 is 1.86. The second kappa shape index (κ2) is 6.45. The Balaban J connectivity index is 1.46. The zero-order valence-electron chi connectivity index (χ0n) is 13.3. The minimum Gasteiger partial charge on any atom is -0.355 e. The van der Waals surface area contributed by atoms with Crippen LogP contribution >= 0.6 is 0 Å². The van der Waals surface area contributed by atoms with Gasteiger partial charge in [-0.1, -0.05) is 0 Å². The van der Waals surface area contributed by atoms with E-state index in [-0.39, 0.29) is 5.91 Å². The fraction of sp³-hybridized carbons (Fsp3) is 0. The van der Waals surface area contributed by atoms with E-state index in [1.807, 2.05) is 53.2 Å². The SMILES string of the molecule is O=C(Nc1ccc2nccn2c1)c1ccc(Nc2ccncc2)cc1. The number of hydrogen-bond acceptors (Lipinski definition) is 4. The first kappa shape index (κ1) is 14.9. The molecule has 122 valence electrons. The molecule has 1 amide bonds. The van der Waals surface area contributed by atoms with Crippen molar-refractivity contribution in [2.75, 3.05) is 10.6 Å². The molecule has 0 bridgehead atoms. The average Bonchev–Trinajstić information content (AvgIpc) is 3.11. The van der Waals surface area contributed by atoms with Crippen LogP contribution in [0.25, 0.3) is 5.65 Å². The molecular formula is C19H15N5O. The van der Waals surface area contributed by atoms with E-state index in [1.54, 1.807) is 30.7 Å². The summed E-state index contributed by atoms with van der Waals surface area (Å²) in [6.45, 7) is 0. The van der Waals surface area contributed by atoms with Gasteiger partial charge in [-0.25, -0.2) is 4.98 Å². The summed E-state index contributed by atoms with van der Waals surface area (Å²) in [5.41, 5.74) is 3.99. The Morgan fingerprint density at radius 3 is 2.36 bits per heavy atom. The zero-order valence-corrected chi connectivity index (χ0v) is 13.3. The van der Waals surface area contributed by atoms with Gasteiger partial charge in [0.15, 0.2) is 0 Å². The van der Waals surface area contributed by atoms with Gasteiger partial charge >= 0.3 is 0 Å². The molecule has 0 unspecified atom stereocenters. The first-order valence-electron chi connectivity index (χ1n) is 7.79. The zero-order chi connectivity index (χ0) is 17.1. The predicted octanol–water partition coefficient (Wildman–Crippen LogP) is 3.73. The third-order valence-electron chi connectivity index (χ3n) is 3.76. The summed E-state index contributed by atoms with van der Waals surface area (Å²) >= 11 is 0. The van der Waals surface area contributed by atoms with Crippen LogP contribution in [0.15, 0.2) is 79.5 Å². The smallest absolute Gasteiger partial charge is 0.255 e. The Hall–Kier alpha value is -3.67. The van der Waals surface area contributed by atoms with Crippen molar-refractivity contribution >= 4 is 28.6 Å². The van der Waals surface area contributed by atoms with Gasteiger partial charge in [0.05, 0.1) is 5.69 Å². The van der Waals surface area contributed by atoms with Gasteiger partial charge in [-0.05, 0) is 48.5 Å². The standard InChI is InChI=1S/C19H15N5O/c25-19(23-17-5-6-18-21-11-12-24(18)13-17)14-1-3-15(4-2-14)22-16-7-9-20-10-8-16/h1-13H,(H,20,22)(H,23,25). The maximum atomic E-state index is 12.4. The van der Waals surface area contributed by atoms with Crippen LogP contribution in [-0.4, -0.2) is 20.3 Å². The lowest BCUT2D eigenvalue weighted by molar-refractivity contribution is 0.102. The predicted molar refractivity (Wildman–Crippen MR) is 97.1 cm³/mol. The lowest BCUT2D eigenvalue weighted by atomic mass is 10.2. The lowest BCUT2D eigenvalue weighted by Crippen LogP contribution is -2.12. The van der Waals surface area contributed by atoms with Crippen LogP contribution in [0, 0.1) is 0 Å². The monoisotopic (exact) mass is 329 g/mol. The summed E-state index contributed by atoms with van der Waals surface area (Å²) in [5, 5.41) is 6.15. The van der Waals surface area contributed by atoms with Gasteiger partial charge < -0.3 is 15.0 Å². The number of carbonyl (C=O) groups is 1. The van der Waals surface area contributed by atoms with E-state index in [0.29, 0.717) is 5.56 Å². The number of hydrogen-bond donors (Lipinski definition) is 2. The Bertz CT molecular complexity index is 1010. The summed E-state index contributed by atoms with van der Waals surface area (Å²) in [6.07, 6.45) is 8.84. The molecule has 0 fully saturated rings. The number of pyridine rings is 2. The molecule has 3 heterocycles. The molecule has 0 radical (unpaired) electrons. The summed E-state index contributed by atoms with van der Waals surface area (Å²) in [7, 11) is 0. The highest BCUT2D eigenvalue weighted by molar-refractivity contribution is 6.04. The molecular weight excluding hydrogens is 314 g/mol. The summed E-state index contributed by atoms with van der Waals surface area (Å²) in [6, 6.07) is 14.8. The molecule has 0 aliphatic heterocycles. The van der Waals surface area contributed by atoms with E-state index in [9.17, 15) is 4.79 Å². The van der Waals surface area contributed by atoms with Crippen LogP contribution in [0.4, 0.5) is 17.1 Å². The van der Waals surface area contributed by atoms with Crippen LogP contribution in [0.3, 0.4) is 0 Å². The molecule has 6 nitrogen and oxygen atoms in total. The highest BCUT2D eigenvalue weighted by Crippen LogP contribution is 2.17. The quantitative estimate of drug-likeness (QED) is 0.598. The number of anilines is 3. The largest absolute Gasteiger partial charge is 0.355 e. The van der Waals surface area contributed by atoms with Crippen molar-refractivity contribution < 1.29 is 4.79 Å². The number of nitrogens with zero attached hydrogens (tertiary/aromatic N) is 3. The van der Waals surface area contributed by atoms with Crippen molar-refractivity contribution in [2.24, 2.45) is 0 Å². The number of carbonyl (C=O) groups excluding carboxylic acids is 1. The second-order valence-corrected chi connectivity index (χ2v) is 5.50. The fourth-order valence-corrected chi connectivity index (χ4v) is 2.50. The Labute approximate surface area is 144 Å². The summed E-state index contributed by atoms with van der Waals surface area (Å²) in [5.74, 6) is -0.157. The fourth-order valence-electron chi connectivity index (χ4n) is 2.50. The van der Waals surface area contributed by atoms with Gasteiger partial charge in [0.2, 0.25) is 0 Å². The molecule has 4 rings (SSSR count). The van der Waals surface area contributed by atoms with E-state index in [2.05, 4.69) is 20.6 Å². The second-order valence-electron chi connectivity index (χ2n) is 5.50. The number of aromatic nitrogens is 3. The van der Waals surface area contributed by atoms with Gasteiger partial charge in [-0.15, -0.1) is 0 Å². The minimum absolute atomic E-state index is 0.157. The number of rotatable bonds is 4. The topological polar surface area (TPSA) is 71.3 Å². The van der Waals surface area contributed by atoms with E-state index in [0.717, 1.165) is 22.7 Å².